The van der Waals surface area contributed by atoms with Crippen molar-refractivity contribution in [3.05, 3.63) is 47.5 Å². The lowest BCUT2D eigenvalue weighted by Gasteiger charge is -2.10. The van der Waals surface area contributed by atoms with E-state index in [0.717, 1.165) is 11.3 Å². The molecule has 0 radical (unpaired) electrons. The maximum absolute atomic E-state index is 11.1. The van der Waals surface area contributed by atoms with Crippen LogP contribution in [0.15, 0.2) is 42.0 Å². The first-order valence-electron chi connectivity index (χ1n) is 5.61. The third-order valence-electron chi connectivity index (χ3n) is 2.33. The normalized spacial score (nSPS) is 11.9. The second-order valence-corrected chi connectivity index (χ2v) is 5.37. The number of aliphatic carboxylic acids is 1. The molecule has 2 nitrogen and oxygen atoms in total. The molecule has 1 rings (SSSR count). The van der Waals surface area contributed by atoms with Crippen LogP contribution in [0.1, 0.15) is 19.4 Å². The number of carboxylic acids is 1. The Labute approximate surface area is 107 Å². The minimum atomic E-state index is -0.735. The Balaban J connectivity index is 2.55. The van der Waals surface area contributed by atoms with Crippen LogP contribution in [0.25, 0.3) is 0 Å². The van der Waals surface area contributed by atoms with Crippen molar-refractivity contribution in [2.45, 2.75) is 25.5 Å². The van der Waals surface area contributed by atoms with Crippen molar-refractivity contribution in [2.24, 2.45) is 0 Å². The molecular formula is C14H18O2S. The van der Waals surface area contributed by atoms with Crippen LogP contribution in [-0.2, 0) is 11.2 Å². The predicted molar refractivity (Wildman–Crippen MR) is 73.5 cm³/mol. The topological polar surface area (TPSA) is 37.3 Å². The predicted octanol–water partition coefficient (Wildman–Crippen LogP) is 3.38. The Morgan fingerprint density at radius 3 is 2.53 bits per heavy atom. The molecule has 0 fully saturated rings. The molecule has 17 heavy (non-hydrogen) atoms. The smallest absolute Gasteiger partial charge is 0.316 e. The van der Waals surface area contributed by atoms with E-state index in [1.54, 1.807) is 0 Å². The molecule has 0 amide bonds. The number of rotatable bonds is 6. The molecule has 0 aliphatic heterocycles. The van der Waals surface area contributed by atoms with Crippen molar-refractivity contribution in [2.75, 3.05) is 5.75 Å². The van der Waals surface area contributed by atoms with E-state index in [-0.39, 0.29) is 5.25 Å². The second kappa shape index (κ2) is 7.17. The van der Waals surface area contributed by atoms with Gasteiger partial charge in [0.15, 0.2) is 0 Å². The van der Waals surface area contributed by atoms with Gasteiger partial charge in [-0.25, -0.2) is 0 Å². The Kier molecular flexibility index (Phi) is 5.84. The number of hydrogen-bond donors (Lipinski definition) is 1. The van der Waals surface area contributed by atoms with Crippen LogP contribution in [0.3, 0.4) is 0 Å². The zero-order valence-corrected chi connectivity index (χ0v) is 11.0. The fraction of sp³-hybridized carbons (Fsp3) is 0.357. The molecule has 0 bridgehead atoms. The maximum atomic E-state index is 11.1. The molecule has 1 N–H and O–H groups in total. The number of hydrogen-bond acceptors (Lipinski definition) is 2. The summed E-state index contributed by atoms with van der Waals surface area (Å²) in [6.45, 7) is 4.04. The second-order valence-electron chi connectivity index (χ2n) is 4.13. The Bertz CT molecular complexity index is 380. The van der Waals surface area contributed by atoms with E-state index in [2.05, 4.69) is 6.08 Å². The lowest BCUT2D eigenvalue weighted by atomic mass is 10.1. The molecule has 1 atom stereocenters. The Morgan fingerprint density at radius 1 is 1.35 bits per heavy atom. The summed E-state index contributed by atoms with van der Waals surface area (Å²) < 4.78 is 0. The minimum Gasteiger partial charge on any atom is -0.480 e. The van der Waals surface area contributed by atoms with Crippen LogP contribution in [0.4, 0.5) is 0 Å². The monoisotopic (exact) mass is 250 g/mol. The molecule has 0 unspecified atom stereocenters. The maximum Gasteiger partial charge on any atom is 0.316 e. The van der Waals surface area contributed by atoms with Crippen LogP contribution in [0.2, 0.25) is 0 Å². The van der Waals surface area contributed by atoms with Gasteiger partial charge in [0, 0.05) is 5.75 Å². The lowest BCUT2D eigenvalue weighted by Crippen LogP contribution is -2.19. The summed E-state index contributed by atoms with van der Waals surface area (Å²) in [5.41, 5.74) is 2.30. The highest BCUT2D eigenvalue weighted by Gasteiger charge is 2.17. The fourth-order valence-corrected chi connectivity index (χ4v) is 2.49. The highest BCUT2D eigenvalue weighted by Crippen LogP contribution is 2.17. The number of carboxylic acid groups (broad SMARTS) is 1. The van der Waals surface area contributed by atoms with Gasteiger partial charge in [-0.15, -0.1) is 11.8 Å². The van der Waals surface area contributed by atoms with Crippen molar-refractivity contribution >= 4 is 17.7 Å². The average Bonchev–Trinajstić information content (AvgIpc) is 2.28. The van der Waals surface area contributed by atoms with Crippen molar-refractivity contribution in [1.29, 1.82) is 0 Å². The molecule has 0 aromatic heterocycles. The highest BCUT2D eigenvalue weighted by atomic mass is 32.2. The van der Waals surface area contributed by atoms with Gasteiger partial charge in [0.05, 0.1) is 0 Å². The van der Waals surface area contributed by atoms with E-state index < -0.39 is 5.97 Å². The third kappa shape index (κ3) is 5.59. The van der Waals surface area contributed by atoms with E-state index in [1.165, 1.54) is 17.3 Å². The largest absolute Gasteiger partial charge is 0.480 e. The van der Waals surface area contributed by atoms with Gasteiger partial charge in [-0.05, 0) is 25.8 Å². The van der Waals surface area contributed by atoms with Gasteiger partial charge >= 0.3 is 5.97 Å². The summed E-state index contributed by atoms with van der Waals surface area (Å²) in [4.78, 5) is 11.1. The van der Waals surface area contributed by atoms with Gasteiger partial charge in [0.1, 0.15) is 5.25 Å². The Hall–Kier alpha value is -1.22. The van der Waals surface area contributed by atoms with Crippen molar-refractivity contribution in [3.63, 3.8) is 0 Å². The van der Waals surface area contributed by atoms with E-state index in [4.69, 9.17) is 5.11 Å². The Morgan fingerprint density at radius 2 is 2.00 bits per heavy atom. The minimum absolute atomic E-state index is 0.368. The molecule has 0 aliphatic carbocycles. The molecule has 92 valence electrons. The lowest BCUT2D eigenvalue weighted by molar-refractivity contribution is -0.136. The molecule has 1 aromatic rings. The van der Waals surface area contributed by atoms with Gasteiger partial charge in [0.25, 0.3) is 0 Å². The van der Waals surface area contributed by atoms with Crippen molar-refractivity contribution in [3.8, 4) is 0 Å². The first-order valence-corrected chi connectivity index (χ1v) is 6.66. The molecule has 0 aliphatic rings. The molecule has 3 heteroatoms. The van der Waals surface area contributed by atoms with Crippen LogP contribution >= 0.6 is 11.8 Å². The van der Waals surface area contributed by atoms with E-state index in [9.17, 15) is 4.79 Å². The molecule has 1 aromatic carbocycles. The quantitative estimate of drug-likeness (QED) is 0.786. The number of carbonyl (C=O) groups is 1. The zero-order valence-electron chi connectivity index (χ0n) is 10.2. The van der Waals surface area contributed by atoms with Gasteiger partial charge in [-0.2, -0.15) is 0 Å². The van der Waals surface area contributed by atoms with Gasteiger partial charge < -0.3 is 5.11 Å². The van der Waals surface area contributed by atoms with Gasteiger partial charge in [-0.1, -0.05) is 42.0 Å². The summed E-state index contributed by atoms with van der Waals surface area (Å²) in [6, 6.07) is 9.76. The third-order valence-corrected chi connectivity index (χ3v) is 3.46. The van der Waals surface area contributed by atoms with Crippen LogP contribution in [-0.4, -0.2) is 22.1 Å². The summed E-state index contributed by atoms with van der Waals surface area (Å²) in [5.74, 6) is 0.0209. The van der Waals surface area contributed by atoms with Crippen molar-refractivity contribution in [1.82, 2.24) is 0 Å². The highest BCUT2D eigenvalue weighted by molar-refractivity contribution is 8.00. The number of allylic oxidation sites excluding steroid dienone is 1. The van der Waals surface area contributed by atoms with Gasteiger partial charge in [0.2, 0.25) is 0 Å². The van der Waals surface area contributed by atoms with Crippen LogP contribution in [0.5, 0.6) is 0 Å². The van der Waals surface area contributed by atoms with E-state index in [1.807, 2.05) is 44.2 Å². The summed E-state index contributed by atoms with van der Waals surface area (Å²) in [5, 5.41) is 8.79. The van der Waals surface area contributed by atoms with Crippen LogP contribution < -0.4 is 0 Å². The summed E-state index contributed by atoms with van der Waals surface area (Å²) in [7, 11) is 0. The van der Waals surface area contributed by atoms with Gasteiger partial charge in [-0.3, -0.25) is 4.79 Å². The van der Waals surface area contributed by atoms with Crippen LogP contribution in [0, 0.1) is 0 Å². The first-order chi connectivity index (χ1) is 8.09. The first kappa shape index (κ1) is 13.8. The SMILES string of the molecule is CC(C)=CCS[C@@H](Cc1ccccc1)C(=O)O. The number of benzene rings is 1. The molecule has 0 spiro atoms. The molecule has 0 heterocycles. The molecule has 0 saturated heterocycles. The molecule has 0 saturated carbocycles. The average molecular weight is 250 g/mol. The van der Waals surface area contributed by atoms with E-state index >= 15 is 0 Å². The number of thioether (sulfide) groups is 1. The zero-order chi connectivity index (χ0) is 12.7. The fourth-order valence-electron chi connectivity index (χ4n) is 1.38. The summed E-state index contributed by atoms with van der Waals surface area (Å²) in [6.07, 6.45) is 2.64. The van der Waals surface area contributed by atoms with Crippen molar-refractivity contribution < 1.29 is 9.90 Å². The summed E-state index contributed by atoms with van der Waals surface area (Å²) >= 11 is 1.48. The van der Waals surface area contributed by atoms with E-state index in [0.29, 0.717) is 6.42 Å². The standard InChI is InChI=1S/C14H18O2S/c1-11(2)8-9-17-13(14(15)16)10-12-6-4-3-5-7-12/h3-8,13H,9-10H2,1-2H3,(H,15,16)/t13-/m0/s1. The molecular weight excluding hydrogens is 232 g/mol.